The van der Waals surface area contributed by atoms with Gasteiger partial charge in [0.15, 0.2) is 6.10 Å². The van der Waals surface area contributed by atoms with Crippen molar-refractivity contribution in [2.24, 2.45) is 0 Å². The molecule has 25 heavy (non-hydrogen) atoms. The lowest BCUT2D eigenvalue weighted by Crippen LogP contribution is -2.30. The smallest absolute Gasteiger partial charge is 0.387 e. The Labute approximate surface area is 140 Å². The van der Waals surface area contributed by atoms with Crippen LogP contribution in [0.15, 0.2) is 28.8 Å². The number of esters is 1. The van der Waals surface area contributed by atoms with Crippen molar-refractivity contribution in [3.05, 3.63) is 35.5 Å². The molecule has 1 aromatic heterocycles. The van der Waals surface area contributed by atoms with Crippen molar-refractivity contribution in [3.8, 4) is 5.75 Å². The number of rotatable bonds is 6. The standard InChI is InChI=1S/C15H15F2N3O5/c1-7-11(12(18)25-20-7)14(22)23-8(2)13(21)19-9-3-5-10(6-4-9)24-15(16)17/h3-6,8,15H,18H2,1-2H3,(H,19,21)/t8-/m1/s1. The molecule has 0 saturated heterocycles. The largest absolute Gasteiger partial charge is 0.449 e. The highest BCUT2D eigenvalue weighted by Gasteiger charge is 2.25. The van der Waals surface area contributed by atoms with Crippen LogP contribution >= 0.6 is 0 Å². The van der Waals surface area contributed by atoms with E-state index in [4.69, 9.17) is 10.5 Å². The Kier molecular flexibility index (Phi) is 5.52. The molecular formula is C15H15F2N3O5. The van der Waals surface area contributed by atoms with Crippen LogP contribution in [0.25, 0.3) is 0 Å². The average molecular weight is 355 g/mol. The third-order valence-electron chi connectivity index (χ3n) is 3.09. The van der Waals surface area contributed by atoms with Crippen LogP contribution in [0.5, 0.6) is 5.75 Å². The molecule has 0 radical (unpaired) electrons. The van der Waals surface area contributed by atoms with Crippen molar-refractivity contribution >= 4 is 23.4 Å². The zero-order valence-electron chi connectivity index (χ0n) is 13.3. The molecule has 0 aliphatic carbocycles. The number of hydrogen-bond donors (Lipinski definition) is 2. The minimum atomic E-state index is -2.94. The molecule has 0 aliphatic heterocycles. The Morgan fingerprint density at radius 2 is 1.92 bits per heavy atom. The van der Waals surface area contributed by atoms with E-state index in [1.807, 2.05) is 0 Å². The van der Waals surface area contributed by atoms with Crippen LogP contribution in [-0.2, 0) is 9.53 Å². The molecule has 0 bridgehead atoms. The first-order chi connectivity index (χ1) is 11.8. The Morgan fingerprint density at radius 3 is 2.44 bits per heavy atom. The summed E-state index contributed by atoms with van der Waals surface area (Å²) in [4.78, 5) is 24.0. The number of nitrogens with zero attached hydrogens (tertiary/aromatic N) is 1. The third kappa shape index (κ3) is 4.66. The summed E-state index contributed by atoms with van der Waals surface area (Å²) in [6, 6.07) is 5.26. The van der Waals surface area contributed by atoms with Crippen LogP contribution < -0.4 is 15.8 Å². The minimum Gasteiger partial charge on any atom is -0.449 e. The molecule has 2 rings (SSSR count). The quantitative estimate of drug-likeness (QED) is 0.764. The number of amides is 1. The summed E-state index contributed by atoms with van der Waals surface area (Å²) in [5, 5.41) is 5.99. The maximum Gasteiger partial charge on any atom is 0.387 e. The summed E-state index contributed by atoms with van der Waals surface area (Å²) in [7, 11) is 0. The van der Waals surface area contributed by atoms with Crippen LogP contribution in [0.3, 0.4) is 0 Å². The molecule has 3 N–H and O–H groups in total. The van der Waals surface area contributed by atoms with Gasteiger partial charge in [-0.15, -0.1) is 0 Å². The molecule has 0 fully saturated rings. The van der Waals surface area contributed by atoms with E-state index in [-0.39, 0.29) is 22.9 Å². The number of nitrogens with one attached hydrogen (secondary N) is 1. The second-order valence-corrected chi connectivity index (χ2v) is 4.95. The monoisotopic (exact) mass is 355 g/mol. The first-order valence-corrected chi connectivity index (χ1v) is 7.06. The topological polar surface area (TPSA) is 117 Å². The van der Waals surface area contributed by atoms with Gasteiger partial charge < -0.3 is 25.0 Å². The summed E-state index contributed by atoms with van der Waals surface area (Å²) >= 11 is 0. The number of anilines is 2. The Bertz CT molecular complexity index is 742. The van der Waals surface area contributed by atoms with Gasteiger partial charge in [0.1, 0.15) is 11.3 Å². The van der Waals surface area contributed by atoms with E-state index in [9.17, 15) is 18.4 Å². The number of halogens is 2. The lowest BCUT2D eigenvalue weighted by atomic mass is 10.2. The summed E-state index contributed by atoms with van der Waals surface area (Å²) in [6.45, 7) is -0.0710. The second kappa shape index (κ2) is 7.60. The van der Waals surface area contributed by atoms with Gasteiger partial charge in [0.2, 0.25) is 5.88 Å². The molecular weight excluding hydrogens is 340 g/mol. The van der Waals surface area contributed by atoms with Crippen LogP contribution in [0, 0.1) is 6.92 Å². The molecule has 1 atom stereocenters. The number of benzene rings is 1. The highest BCUT2D eigenvalue weighted by atomic mass is 19.3. The van der Waals surface area contributed by atoms with Crippen molar-refractivity contribution in [1.82, 2.24) is 5.16 Å². The summed E-state index contributed by atoms with van der Waals surface area (Å²) in [5.74, 6) is -1.72. The molecule has 0 unspecified atom stereocenters. The molecule has 10 heteroatoms. The van der Waals surface area contributed by atoms with E-state index in [2.05, 4.69) is 19.7 Å². The van der Waals surface area contributed by atoms with E-state index >= 15 is 0 Å². The lowest BCUT2D eigenvalue weighted by Gasteiger charge is -2.13. The first-order valence-electron chi connectivity index (χ1n) is 7.06. The van der Waals surface area contributed by atoms with Crippen molar-refractivity contribution in [1.29, 1.82) is 0 Å². The Morgan fingerprint density at radius 1 is 1.28 bits per heavy atom. The second-order valence-electron chi connectivity index (χ2n) is 4.95. The molecule has 1 amide bonds. The van der Waals surface area contributed by atoms with Gasteiger partial charge in [0.05, 0.1) is 5.69 Å². The maximum absolute atomic E-state index is 12.1. The highest BCUT2D eigenvalue weighted by molar-refractivity contribution is 5.99. The van der Waals surface area contributed by atoms with Gasteiger partial charge in [-0.1, -0.05) is 5.16 Å². The SMILES string of the molecule is Cc1noc(N)c1C(=O)O[C@H](C)C(=O)Nc1ccc(OC(F)F)cc1. The highest BCUT2D eigenvalue weighted by Crippen LogP contribution is 2.19. The van der Waals surface area contributed by atoms with Gasteiger partial charge in [-0.2, -0.15) is 8.78 Å². The molecule has 0 saturated carbocycles. The number of ether oxygens (including phenoxy) is 2. The van der Waals surface area contributed by atoms with E-state index in [1.165, 1.54) is 38.1 Å². The molecule has 134 valence electrons. The van der Waals surface area contributed by atoms with E-state index in [0.717, 1.165) is 0 Å². The number of carbonyl (C=O) groups excluding carboxylic acids is 2. The molecule has 8 nitrogen and oxygen atoms in total. The van der Waals surface area contributed by atoms with Gasteiger partial charge in [-0.25, -0.2) is 4.79 Å². The zero-order chi connectivity index (χ0) is 18.6. The fraction of sp³-hybridized carbons (Fsp3) is 0.267. The summed E-state index contributed by atoms with van der Waals surface area (Å²) in [5.41, 5.74) is 5.98. The van der Waals surface area contributed by atoms with Gasteiger partial charge in [0.25, 0.3) is 5.91 Å². The molecule has 2 aromatic rings. The van der Waals surface area contributed by atoms with Crippen molar-refractivity contribution in [2.45, 2.75) is 26.6 Å². The van der Waals surface area contributed by atoms with Crippen molar-refractivity contribution in [3.63, 3.8) is 0 Å². The molecule has 1 heterocycles. The normalized spacial score (nSPS) is 11.9. The Balaban J connectivity index is 1.95. The maximum atomic E-state index is 12.1. The van der Waals surface area contributed by atoms with Crippen LogP contribution in [0.4, 0.5) is 20.4 Å². The zero-order valence-corrected chi connectivity index (χ0v) is 13.3. The van der Waals surface area contributed by atoms with E-state index in [0.29, 0.717) is 5.69 Å². The summed E-state index contributed by atoms with van der Waals surface area (Å²) < 4.78 is 38.0. The minimum absolute atomic E-state index is 0.0480. The fourth-order valence-electron chi connectivity index (χ4n) is 1.87. The molecule has 1 aromatic carbocycles. The number of nitrogens with two attached hydrogens (primary N) is 1. The average Bonchev–Trinajstić information content (AvgIpc) is 2.87. The number of aryl methyl sites for hydroxylation is 1. The Hall–Kier alpha value is -3.17. The number of hydrogen-bond acceptors (Lipinski definition) is 7. The number of nitrogen functional groups attached to an aromatic ring is 1. The first kappa shape index (κ1) is 18.2. The van der Waals surface area contributed by atoms with E-state index < -0.39 is 24.6 Å². The summed E-state index contributed by atoms with van der Waals surface area (Å²) in [6.07, 6.45) is -1.14. The van der Waals surface area contributed by atoms with Crippen molar-refractivity contribution in [2.75, 3.05) is 11.1 Å². The number of alkyl halides is 2. The van der Waals surface area contributed by atoms with Gasteiger partial charge in [-0.3, -0.25) is 4.79 Å². The van der Waals surface area contributed by atoms with Gasteiger partial charge >= 0.3 is 12.6 Å². The fourth-order valence-corrected chi connectivity index (χ4v) is 1.87. The number of carbonyl (C=O) groups is 2. The predicted octanol–water partition coefficient (Wildman–Crippen LogP) is 2.35. The third-order valence-corrected chi connectivity index (χ3v) is 3.09. The van der Waals surface area contributed by atoms with Gasteiger partial charge in [-0.05, 0) is 38.1 Å². The lowest BCUT2D eigenvalue weighted by molar-refractivity contribution is -0.123. The molecule has 0 aliphatic rings. The van der Waals surface area contributed by atoms with Crippen LogP contribution in [0.1, 0.15) is 23.0 Å². The number of aromatic nitrogens is 1. The van der Waals surface area contributed by atoms with Crippen LogP contribution in [0.2, 0.25) is 0 Å². The predicted molar refractivity (Wildman–Crippen MR) is 82.2 cm³/mol. The van der Waals surface area contributed by atoms with Crippen molar-refractivity contribution < 1.29 is 32.4 Å². The molecule has 0 spiro atoms. The van der Waals surface area contributed by atoms with Gasteiger partial charge in [0, 0.05) is 5.69 Å². The van der Waals surface area contributed by atoms with Crippen LogP contribution in [-0.4, -0.2) is 29.7 Å². The van der Waals surface area contributed by atoms with E-state index in [1.54, 1.807) is 0 Å².